The Morgan fingerprint density at radius 1 is 0.296 bits per heavy atom. The van der Waals surface area contributed by atoms with E-state index in [-0.39, 0.29) is 25.7 Å². The summed E-state index contributed by atoms with van der Waals surface area (Å²) in [4.78, 5) is 72.7. The standard InChI is InChI=1S/C79H132O17P2/c1-5-9-13-17-21-25-29-32-34-35-36-37-39-41-45-48-52-56-60-64-77(82)90-70-75(96-79(84)66-62-58-54-50-46-42-38-33-30-26-22-18-14-10-6-2)72-94-98(87,88)92-68-73(80)67-91-97(85,86)93-71-74(95-78(83)65-61-57-53-49-43-28-24-20-16-12-8-4)69-89-76(81)63-59-55-51-47-44-40-31-27-23-19-15-11-7-3/h9-10,13-14,21-22,25-27,31-34,36-38,41,45-46,50,52,56,73-75,80H,5-8,11-12,15-20,23-24,28-30,35,39-40,42-44,47-49,51,53-55,57-72H2,1-4H3,(H,85,86)(H,87,88)/b13-9-,14-10-,25-21-,26-22-,31-27-,34-32-,37-36-,38-33-,45-41-,50-46-,56-52-. The van der Waals surface area contributed by atoms with E-state index in [0.29, 0.717) is 38.5 Å². The minimum atomic E-state index is -5.00. The molecule has 0 aliphatic carbocycles. The Kier molecular flexibility index (Phi) is 67.2. The molecule has 5 atom stereocenters. The summed E-state index contributed by atoms with van der Waals surface area (Å²) in [6.07, 6.45) is 77.6. The van der Waals surface area contributed by atoms with Gasteiger partial charge in [0.25, 0.3) is 0 Å². The maximum Gasteiger partial charge on any atom is 0.472 e. The zero-order valence-corrected chi connectivity index (χ0v) is 62.7. The maximum atomic E-state index is 13.1. The van der Waals surface area contributed by atoms with Crippen LogP contribution in [0.25, 0.3) is 0 Å². The van der Waals surface area contributed by atoms with Crippen molar-refractivity contribution < 1.29 is 80.2 Å². The number of hydrogen-bond acceptors (Lipinski definition) is 15. The van der Waals surface area contributed by atoms with E-state index in [0.717, 1.165) is 128 Å². The van der Waals surface area contributed by atoms with E-state index in [4.69, 9.17) is 37.0 Å². The van der Waals surface area contributed by atoms with Crippen LogP contribution in [-0.2, 0) is 65.4 Å². The van der Waals surface area contributed by atoms with Crippen molar-refractivity contribution in [2.45, 2.75) is 303 Å². The molecule has 0 bridgehead atoms. The van der Waals surface area contributed by atoms with E-state index in [1.807, 2.05) is 18.2 Å². The topological polar surface area (TPSA) is 237 Å². The fraction of sp³-hybridized carbons (Fsp3) is 0.671. The lowest BCUT2D eigenvalue weighted by atomic mass is 10.1. The molecule has 0 rings (SSSR count). The number of hydrogen-bond donors (Lipinski definition) is 3. The van der Waals surface area contributed by atoms with Crippen molar-refractivity contribution in [2.75, 3.05) is 39.6 Å². The van der Waals surface area contributed by atoms with Crippen LogP contribution in [0.4, 0.5) is 0 Å². The van der Waals surface area contributed by atoms with Crippen LogP contribution >= 0.6 is 15.6 Å². The SMILES string of the molecule is CC/C=C\C/C=C\C/C=C\C/C=C\C/C=C\C/C=C\CCC(=O)OCC(COP(=O)(O)OCC(O)COP(=O)(O)OCC(COC(=O)CCCCCCC/C=C\CCCCCC)OC(=O)CCCCCCCCCCCCC)OC(=O)CCCC/C=C\C/C=C\C/C=C\C/C=C\CC. The van der Waals surface area contributed by atoms with Gasteiger partial charge in [-0.05, 0) is 128 Å². The first-order valence-corrected chi connectivity index (χ1v) is 40.4. The van der Waals surface area contributed by atoms with Crippen LogP contribution in [0, 0.1) is 0 Å². The van der Waals surface area contributed by atoms with E-state index < -0.39 is 97.5 Å². The summed E-state index contributed by atoms with van der Waals surface area (Å²) in [5, 5.41) is 10.6. The van der Waals surface area contributed by atoms with Gasteiger partial charge < -0.3 is 33.8 Å². The Balaban J connectivity index is 5.44. The number of phosphoric ester groups is 2. The summed E-state index contributed by atoms with van der Waals surface area (Å²) in [6, 6.07) is 0. The van der Waals surface area contributed by atoms with Gasteiger partial charge in [0.15, 0.2) is 12.2 Å². The summed E-state index contributed by atoms with van der Waals surface area (Å²) in [6.45, 7) is 4.46. The first kappa shape index (κ1) is 93.2. The molecule has 5 unspecified atom stereocenters. The van der Waals surface area contributed by atoms with Gasteiger partial charge >= 0.3 is 39.5 Å². The number of rotatable bonds is 69. The van der Waals surface area contributed by atoms with Gasteiger partial charge in [0.2, 0.25) is 0 Å². The highest BCUT2D eigenvalue weighted by atomic mass is 31.2. The van der Waals surface area contributed by atoms with Crippen LogP contribution in [0.3, 0.4) is 0 Å². The minimum absolute atomic E-state index is 0.0233. The number of unbranched alkanes of at least 4 members (excludes halogenated alkanes) is 21. The average Bonchev–Trinajstić information content (AvgIpc) is 0.992. The van der Waals surface area contributed by atoms with Crippen LogP contribution in [-0.4, -0.2) is 96.7 Å². The molecule has 3 N–H and O–H groups in total. The van der Waals surface area contributed by atoms with Crippen LogP contribution in [0.2, 0.25) is 0 Å². The molecule has 0 fully saturated rings. The number of phosphoric acid groups is 2. The first-order chi connectivity index (χ1) is 47.7. The van der Waals surface area contributed by atoms with Crippen LogP contribution in [0.5, 0.6) is 0 Å². The zero-order chi connectivity index (χ0) is 71.8. The zero-order valence-electron chi connectivity index (χ0n) is 60.9. The second-order valence-corrected chi connectivity index (χ2v) is 27.4. The summed E-state index contributed by atoms with van der Waals surface area (Å²) in [7, 11) is -9.98. The molecule has 0 radical (unpaired) electrons. The fourth-order valence-corrected chi connectivity index (χ4v) is 11.0. The Bertz CT molecular complexity index is 2380. The molecule has 0 saturated heterocycles. The van der Waals surface area contributed by atoms with Gasteiger partial charge in [-0.15, -0.1) is 0 Å². The van der Waals surface area contributed by atoms with E-state index in [1.54, 1.807) is 0 Å². The molecule has 19 heteroatoms. The molecule has 560 valence electrons. The van der Waals surface area contributed by atoms with E-state index in [2.05, 4.69) is 143 Å². The molecular formula is C79H132O17P2. The molecule has 0 aliphatic heterocycles. The summed E-state index contributed by atoms with van der Waals surface area (Å²) in [5.41, 5.74) is 0. The van der Waals surface area contributed by atoms with Gasteiger partial charge in [0.05, 0.1) is 26.4 Å². The lowest BCUT2D eigenvalue weighted by Crippen LogP contribution is -2.30. The molecule has 0 aliphatic rings. The lowest BCUT2D eigenvalue weighted by molar-refractivity contribution is -0.161. The molecule has 0 heterocycles. The Hall–Kier alpha value is -4.80. The van der Waals surface area contributed by atoms with Crippen molar-refractivity contribution in [2.24, 2.45) is 0 Å². The Morgan fingerprint density at radius 3 is 0.918 bits per heavy atom. The third-order valence-corrected chi connectivity index (χ3v) is 17.0. The Morgan fingerprint density at radius 2 is 0.551 bits per heavy atom. The number of aliphatic hydroxyl groups is 1. The van der Waals surface area contributed by atoms with Crippen molar-refractivity contribution >= 4 is 39.5 Å². The minimum Gasteiger partial charge on any atom is -0.462 e. The van der Waals surface area contributed by atoms with Crippen LogP contribution in [0.15, 0.2) is 134 Å². The monoisotopic (exact) mass is 1410 g/mol. The number of allylic oxidation sites excluding steroid dienone is 22. The molecule has 0 saturated carbocycles. The largest absolute Gasteiger partial charge is 0.472 e. The van der Waals surface area contributed by atoms with Gasteiger partial charge in [0, 0.05) is 25.7 Å². The van der Waals surface area contributed by atoms with E-state index in [9.17, 15) is 43.2 Å². The molecule has 0 amide bonds. The van der Waals surface area contributed by atoms with Crippen molar-refractivity contribution in [1.29, 1.82) is 0 Å². The van der Waals surface area contributed by atoms with Crippen molar-refractivity contribution in [3.63, 3.8) is 0 Å². The quantitative estimate of drug-likeness (QED) is 0.0169. The van der Waals surface area contributed by atoms with Crippen molar-refractivity contribution in [1.82, 2.24) is 0 Å². The highest BCUT2D eigenvalue weighted by Gasteiger charge is 2.30. The predicted molar refractivity (Wildman–Crippen MR) is 399 cm³/mol. The number of carbonyl (C=O) groups excluding carboxylic acids is 4. The smallest absolute Gasteiger partial charge is 0.462 e. The summed E-state index contributed by atoms with van der Waals surface area (Å²) < 4.78 is 68.2. The Labute approximate surface area is 593 Å². The van der Waals surface area contributed by atoms with Gasteiger partial charge in [0.1, 0.15) is 19.3 Å². The van der Waals surface area contributed by atoms with Gasteiger partial charge in [-0.25, -0.2) is 9.13 Å². The molecular weight excluding hydrogens is 1280 g/mol. The van der Waals surface area contributed by atoms with Gasteiger partial charge in [-0.2, -0.15) is 0 Å². The molecule has 0 aromatic rings. The summed E-state index contributed by atoms with van der Waals surface area (Å²) in [5.74, 6) is -2.33. The van der Waals surface area contributed by atoms with Crippen molar-refractivity contribution in [3.8, 4) is 0 Å². The third kappa shape index (κ3) is 69.7. The van der Waals surface area contributed by atoms with Crippen molar-refractivity contribution in [3.05, 3.63) is 134 Å². The highest BCUT2D eigenvalue weighted by molar-refractivity contribution is 7.47. The van der Waals surface area contributed by atoms with E-state index >= 15 is 0 Å². The average molecular weight is 1420 g/mol. The van der Waals surface area contributed by atoms with Crippen LogP contribution < -0.4 is 0 Å². The number of aliphatic hydroxyl groups excluding tert-OH is 1. The molecule has 17 nitrogen and oxygen atoms in total. The molecule has 0 aromatic carbocycles. The second kappa shape index (κ2) is 70.6. The number of ether oxygens (including phenoxy) is 4. The fourth-order valence-electron chi connectivity index (χ4n) is 9.47. The third-order valence-electron chi connectivity index (χ3n) is 15.1. The predicted octanol–water partition coefficient (Wildman–Crippen LogP) is 21.3. The maximum absolute atomic E-state index is 13.1. The molecule has 0 aromatic heterocycles. The first-order valence-electron chi connectivity index (χ1n) is 37.4. The number of esters is 4. The van der Waals surface area contributed by atoms with Gasteiger partial charge in [-0.3, -0.25) is 37.3 Å². The normalized spacial score (nSPS) is 14.7. The lowest BCUT2D eigenvalue weighted by Gasteiger charge is -2.21. The highest BCUT2D eigenvalue weighted by Crippen LogP contribution is 2.45. The second-order valence-electron chi connectivity index (χ2n) is 24.5. The number of carbonyl (C=O) groups is 4. The summed E-state index contributed by atoms with van der Waals surface area (Å²) >= 11 is 0. The van der Waals surface area contributed by atoms with E-state index in [1.165, 1.54) is 64.2 Å². The molecule has 98 heavy (non-hydrogen) atoms. The van der Waals surface area contributed by atoms with Crippen LogP contribution in [0.1, 0.15) is 285 Å². The molecule has 0 spiro atoms. The van der Waals surface area contributed by atoms with Gasteiger partial charge in [-0.1, -0.05) is 264 Å².